The fourth-order valence-electron chi connectivity index (χ4n) is 1.49. The molecule has 0 aliphatic carbocycles. The molecule has 0 saturated carbocycles. The van der Waals surface area contributed by atoms with Crippen molar-refractivity contribution in [3.8, 4) is 5.75 Å². The lowest BCUT2D eigenvalue weighted by molar-refractivity contribution is 0.255. The lowest BCUT2D eigenvalue weighted by Crippen LogP contribution is -2.10. The van der Waals surface area contributed by atoms with Crippen molar-refractivity contribution in [1.82, 2.24) is 9.78 Å². The van der Waals surface area contributed by atoms with Crippen LogP contribution in [0, 0.1) is 11.6 Å². The fraction of sp³-hybridized carbons (Fsp3) is 0.182. The average Bonchev–Trinajstić information content (AvgIpc) is 2.78. The topological polar surface area (TPSA) is 27.1 Å². The summed E-state index contributed by atoms with van der Waals surface area (Å²) >= 11 is 3.05. The maximum absolute atomic E-state index is 14.1. The molecule has 0 saturated heterocycles. The molecule has 0 radical (unpaired) electrons. The largest absolute Gasteiger partial charge is 0.494 e. The van der Waals surface area contributed by atoms with Crippen LogP contribution in [0.15, 0.2) is 29.0 Å². The Bertz CT molecular complexity index is 573. The molecule has 0 aliphatic rings. The van der Waals surface area contributed by atoms with Crippen molar-refractivity contribution in [2.24, 2.45) is 0 Å². The number of methoxy groups -OCH3 is 1. The second-order valence-electron chi connectivity index (χ2n) is 3.42. The Kier molecular flexibility index (Phi) is 3.60. The minimum absolute atomic E-state index is 0.275. The summed E-state index contributed by atoms with van der Waals surface area (Å²) in [5.41, 5.74) is -0.447. The van der Waals surface area contributed by atoms with Gasteiger partial charge >= 0.3 is 0 Å². The normalized spacial score (nSPS) is 12.5. The maximum Gasteiger partial charge on any atom is 0.221 e. The first-order valence-corrected chi connectivity index (χ1v) is 5.70. The lowest BCUT2D eigenvalue weighted by Gasteiger charge is -2.13. The van der Waals surface area contributed by atoms with E-state index in [1.165, 1.54) is 19.4 Å². The maximum atomic E-state index is 14.1. The number of hydrogen-bond donors (Lipinski definition) is 0. The number of alkyl halides is 1. The molecular formula is C11H8BrF3N2O. The van der Waals surface area contributed by atoms with E-state index < -0.39 is 23.5 Å². The minimum atomic E-state index is -1.92. The van der Waals surface area contributed by atoms with E-state index in [0.717, 1.165) is 16.8 Å². The van der Waals surface area contributed by atoms with Gasteiger partial charge in [-0.15, -0.1) is 0 Å². The van der Waals surface area contributed by atoms with E-state index in [0.29, 0.717) is 4.60 Å². The molecular weight excluding hydrogens is 313 g/mol. The van der Waals surface area contributed by atoms with Crippen LogP contribution in [-0.2, 0) is 0 Å². The Labute approximate surface area is 109 Å². The molecule has 0 fully saturated rings. The van der Waals surface area contributed by atoms with E-state index in [4.69, 9.17) is 0 Å². The summed E-state index contributed by atoms with van der Waals surface area (Å²) in [6, 6.07) is 3.78. The van der Waals surface area contributed by atoms with Gasteiger partial charge in [0.05, 0.1) is 13.3 Å². The Morgan fingerprint density at radius 1 is 1.28 bits per heavy atom. The highest BCUT2D eigenvalue weighted by Gasteiger charge is 2.23. The Balaban J connectivity index is 2.46. The number of rotatable bonds is 3. The van der Waals surface area contributed by atoms with Gasteiger partial charge in [0.2, 0.25) is 12.1 Å². The Hall–Kier alpha value is -1.50. The van der Waals surface area contributed by atoms with Crippen LogP contribution in [-0.4, -0.2) is 16.9 Å². The van der Waals surface area contributed by atoms with Gasteiger partial charge in [-0.3, -0.25) is 0 Å². The van der Waals surface area contributed by atoms with E-state index in [1.807, 2.05) is 0 Å². The number of hydrogen-bond acceptors (Lipinski definition) is 2. The van der Waals surface area contributed by atoms with E-state index in [9.17, 15) is 13.2 Å². The van der Waals surface area contributed by atoms with E-state index in [-0.39, 0.29) is 5.75 Å². The van der Waals surface area contributed by atoms with Crippen LogP contribution >= 0.6 is 15.9 Å². The molecule has 0 amide bonds. The van der Waals surface area contributed by atoms with Crippen molar-refractivity contribution in [2.75, 3.05) is 7.11 Å². The molecule has 2 aromatic rings. The zero-order chi connectivity index (χ0) is 13.3. The second-order valence-corrected chi connectivity index (χ2v) is 4.23. The van der Waals surface area contributed by atoms with Crippen LogP contribution < -0.4 is 4.74 Å². The SMILES string of the molecule is COc1ccc(C(F)n2nccc2Br)c(F)c1F. The van der Waals surface area contributed by atoms with E-state index >= 15 is 0 Å². The van der Waals surface area contributed by atoms with Crippen molar-refractivity contribution in [3.05, 3.63) is 46.2 Å². The first-order chi connectivity index (χ1) is 8.56. The smallest absolute Gasteiger partial charge is 0.221 e. The van der Waals surface area contributed by atoms with Crippen molar-refractivity contribution in [3.63, 3.8) is 0 Å². The third-order valence-corrected chi connectivity index (χ3v) is 3.02. The lowest BCUT2D eigenvalue weighted by atomic mass is 10.1. The third-order valence-electron chi connectivity index (χ3n) is 2.39. The van der Waals surface area contributed by atoms with Crippen molar-refractivity contribution < 1.29 is 17.9 Å². The zero-order valence-corrected chi connectivity index (χ0v) is 10.8. The quantitative estimate of drug-likeness (QED) is 0.866. The molecule has 0 spiro atoms. The van der Waals surface area contributed by atoms with Gasteiger partial charge in [0.15, 0.2) is 11.6 Å². The van der Waals surface area contributed by atoms with Gasteiger partial charge in [-0.1, -0.05) is 0 Å². The first-order valence-electron chi connectivity index (χ1n) is 4.91. The summed E-state index contributed by atoms with van der Waals surface area (Å²) in [6.45, 7) is 0. The highest BCUT2D eigenvalue weighted by atomic mass is 79.9. The molecule has 96 valence electrons. The molecule has 1 atom stereocenters. The monoisotopic (exact) mass is 320 g/mol. The summed E-state index contributed by atoms with van der Waals surface area (Å²) in [5, 5.41) is 3.68. The van der Waals surface area contributed by atoms with Crippen LogP contribution in [0.2, 0.25) is 0 Å². The molecule has 18 heavy (non-hydrogen) atoms. The van der Waals surface area contributed by atoms with E-state index in [1.54, 1.807) is 0 Å². The van der Waals surface area contributed by atoms with Gasteiger partial charge in [-0.05, 0) is 34.1 Å². The average molecular weight is 321 g/mol. The molecule has 1 aromatic heterocycles. The van der Waals surface area contributed by atoms with Crippen molar-refractivity contribution >= 4 is 15.9 Å². The highest BCUT2D eigenvalue weighted by molar-refractivity contribution is 9.10. The number of halogens is 4. The molecule has 0 N–H and O–H groups in total. The number of ether oxygens (including phenoxy) is 1. The van der Waals surface area contributed by atoms with Crippen LogP contribution in [0.4, 0.5) is 13.2 Å². The van der Waals surface area contributed by atoms with Gasteiger partial charge in [-0.2, -0.15) is 9.49 Å². The van der Waals surface area contributed by atoms with Crippen LogP contribution in [0.1, 0.15) is 11.9 Å². The number of nitrogens with zero attached hydrogens (tertiary/aromatic N) is 2. The Morgan fingerprint density at radius 3 is 2.56 bits per heavy atom. The van der Waals surface area contributed by atoms with Crippen LogP contribution in [0.25, 0.3) is 0 Å². The van der Waals surface area contributed by atoms with Crippen molar-refractivity contribution in [1.29, 1.82) is 0 Å². The summed E-state index contributed by atoms with van der Waals surface area (Å²) in [7, 11) is 1.20. The minimum Gasteiger partial charge on any atom is -0.494 e. The third kappa shape index (κ3) is 2.10. The van der Waals surface area contributed by atoms with Gasteiger partial charge < -0.3 is 4.74 Å². The molecule has 7 heteroatoms. The van der Waals surface area contributed by atoms with Crippen LogP contribution in [0.3, 0.4) is 0 Å². The van der Waals surface area contributed by atoms with Gasteiger partial charge in [0.1, 0.15) is 4.60 Å². The van der Waals surface area contributed by atoms with E-state index in [2.05, 4.69) is 25.8 Å². The molecule has 1 heterocycles. The fourth-order valence-corrected chi connectivity index (χ4v) is 1.87. The molecule has 2 rings (SSSR count). The first kappa shape index (κ1) is 12.9. The highest BCUT2D eigenvalue weighted by Crippen LogP contribution is 2.30. The van der Waals surface area contributed by atoms with Crippen molar-refractivity contribution in [2.45, 2.75) is 6.30 Å². The Morgan fingerprint density at radius 2 is 2.00 bits per heavy atom. The summed E-state index contributed by atoms with van der Waals surface area (Å²) in [4.78, 5) is 0. The van der Waals surface area contributed by atoms with Gasteiger partial charge in [0.25, 0.3) is 0 Å². The zero-order valence-electron chi connectivity index (χ0n) is 9.20. The summed E-state index contributed by atoms with van der Waals surface area (Å²) < 4.78 is 47.0. The molecule has 0 bridgehead atoms. The predicted octanol–water partition coefficient (Wildman–Crippen LogP) is 3.45. The molecule has 0 aliphatic heterocycles. The van der Waals surface area contributed by atoms with Gasteiger partial charge in [-0.25, -0.2) is 13.5 Å². The number of benzene rings is 1. The molecule has 1 unspecified atom stereocenters. The summed E-state index contributed by atoms with van der Waals surface area (Å²) in [6.07, 6.45) is -0.580. The second kappa shape index (κ2) is 5.01. The standard InChI is InChI=1S/C11H8BrF3N2O/c1-18-7-3-2-6(9(13)10(7)14)11(15)17-8(12)4-5-16-17/h2-5,11H,1H3. The number of aromatic nitrogens is 2. The molecule has 1 aromatic carbocycles. The predicted molar refractivity (Wildman–Crippen MR) is 62.1 cm³/mol. The van der Waals surface area contributed by atoms with Crippen LogP contribution in [0.5, 0.6) is 5.75 Å². The summed E-state index contributed by atoms with van der Waals surface area (Å²) in [5.74, 6) is -2.78. The molecule has 3 nitrogen and oxygen atoms in total. The van der Waals surface area contributed by atoms with Gasteiger partial charge in [0, 0.05) is 5.56 Å².